The molecule has 0 bridgehead atoms. The number of benzene rings is 1. The molecule has 1 amide bonds. The Morgan fingerprint density at radius 1 is 1.14 bits per heavy atom. The van der Waals surface area contributed by atoms with E-state index < -0.39 is 37.3 Å². The highest BCUT2D eigenvalue weighted by molar-refractivity contribution is 5.86. The Morgan fingerprint density at radius 3 is 2.36 bits per heavy atom. The van der Waals surface area contributed by atoms with Crippen LogP contribution in [-0.4, -0.2) is 56.0 Å². The highest BCUT2D eigenvalue weighted by Gasteiger charge is 2.32. The normalized spacial score (nSPS) is 12.5. The number of hydrogen-bond acceptors (Lipinski definition) is 3. The average molecular weight is 414 g/mol. The number of para-hydroxylation sites is 1. The molecule has 0 spiro atoms. The first-order chi connectivity index (χ1) is 12.9. The number of guanidine groups is 1. The van der Waals surface area contributed by atoms with Crippen molar-refractivity contribution in [3.05, 3.63) is 29.8 Å². The Labute approximate surface area is 157 Å². The van der Waals surface area contributed by atoms with Crippen LogP contribution in [0, 0.1) is 0 Å². The average Bonchev–Trinajstić information content (AvgIpc) is 2.55. The Morgan fingerprint density at radius 2 is 1.79 bits per heavy atom. The molecule has 1 rings (SSSR count). The number of carbonyl (C=O) groups excluding carboxylic acids is 1. The second-order valence-corrected chi connectivity index (χ2v) is 5.57. The largest absolute Gasteiger partial charge is 0.573 e. The zero-order valence-corrected chi connectivity index (χ0v) is 15.1. The summed E-state index contributed by atoms with van der Waals surface area (Å²) in [6.45, 7) is -0.0226. The van der Waals surface area contributed by atoms with Gasteiger partial charge in [0.15, 0.2) is 5.96 Å². The van der Waals surface area contributed by atoms with Gasteiger partial charge in [-0.2, -0.15) is 13.2 Å². The summed E-state index contributed by atoms with van der Waals surface area (Å²) in [5, 5.41) is 5.29. The lowest BCUT2D eigenvalue weighted by Gasteiger charge is -2.20. The van der Waals surface area contributed by atoms with Crippen LogP contribution in [0.3, 0.4) is 0 Å². The van der Waals surface area contributed by atoms with Gasteiger partial charge >= 0.3 is 12.5 Å². The van der Waals surface area contributed by atoms with Gasteiger partial charge in [0.1, 0.15) is 12.3 Å². The first kappa shape index (κ1) is 23.4. The molecule has 0 saturated heterocycles. The van der Waals surface area contributed by atoms with Gasteiger partial charge in [-0.05, 0) is 13.0 Å². The first-order valence-corrected chi connectivity index (χ1v) is 8.08. The van der Waals surface area contributed by atoms with Crippen molar-refractivity contribution in [2.75, 3.05) is 26.7 Å². The van der Waals surface area contributed by atoms with Crippen molar-refractivity contribution in [1.29, 1.82) is 0 Å². The fourth-order valence-corrected chi connectivity index (χ4v) is 2.02. The van der Waals surface area contributed by atoms with Crippen LogP contribution in [0.15, 0.2) is 29.3 Å². The minimum atomic E-state index is -4.86. The first-order valence-electron chi connectivity index (χ1n) is 8.08. The number of nitrogens with zero attached hydrogens (tertiary/aromatic N) is 2. The van der Waals surface area contributed by atoms with Crippen molar-refractivity contribution in [1.82, 2.24) is 15.5 Å². The quantitative estimate of drug-likeness (QED) is 0.409. The van der Waals surface area contributed by atoms with Gasteiger partial charge in [0.25, 0.3) is 0 Å². The molecule has 28 heavy (non-hydrogen) atoms. The summed E-state index contributed by atoms with van der Waals surface area (Å²) in [5.41, 5.74) is 0.137. The van der Waals surface area contributed by atoms with Gasteiger partial charge in [-0.3, -0.25) is 4.79 Å². The number of hydrogen-bond donors (Lipinski definition) is 2. The van der Waals surface area contributed by atoms with Crippen molar-refractivity contribution >= 4 is 11.9 Å². The van der Waals surface area contributed by atoms with Crippen molar-refractivity contribution in [3.8, 4) is 5.75 Å². The van der Waals surface area contributed by atoms with E-state index in [0.29, 0.717) is 11.4 Å². The van der Waals surface area contributed by atoms with Crippen LogP contribution < -0.4 is 15.4 Å². The zero-order valence-electron chi connectivity index (χ0n) is 15.1. The molecule has 1 aromatic rings. The Kier molecular flexibility index (Phi) is 8.38. The van der Waals surface area contributed by atoms with Gasteiger partial charge < -0.3 is 20.3 Å². The lowest BCUT2D eigenvalue weighted by Crippen LogP contribution is -2.45. The number of rotatable bonds is 7. The van der Waals surface area contributed by atoms with E-state index in [1.54, 1.807) is 6.92 Å². The molecule has 0 atom stereocenters. The number of ether oxygens (including phenoxy) is 1. The number of nitrogens with one attached hydrogen (secondary N) is 2. The van der Waals surface area contributed by atoms with E-state index in [1.165, 1.54) is 18.2 Å². The molecule has 0 aliphatic heterocycles. The number of halogens is 6. The van der Waals surface area contributed by atoms with Crippen molar-refractivity contribution < 1.29 is 35.9 Å². The third kappa shape index (κ3) is 9.33. The molecule has 0 heterocycles. The Hall–Kier alpha value is -2.66. The molecule has 0 aliphatic carbocycles. The summed E-state index contributed by atoms with van der Waals surface area (Å²) in [6, 6.07) is 5.39. The van der Waals surface area contributed by atoms with Crippen LogP contribution in [-0.2, 0) is 11.3 Å². The van der Waals surface area contributed by atoms with Gasteiger partial charge in [0.2, 0.25) is 5.91 Å². The second kappa shape index (κ2) is 10.0. The summed E-state index contributed by atoms with van der Waals surface area (Å²) in [6.07, 6.45) is -9.39. The van der Waals surface area contributed by atoms with Crippen molar-refractivity contribution in [2.24, 2.45) is 4.99 Å². The minimum absolute atomic E-state index is 0.0538. The third-order valence-corrected chi connectivity index (χ3v) is 3.20. The SMILES string of the molecule is CCNC(=NCc1ccccc1OC(F)(F)F)NCC(=O)N(C)CC(F)(F)F. The lowest BCUT2D eigenvalue weighted by atomic mass is 10.2. The molecule has 2 N–H and O–H groups in total. The van der Waals surface area contributed by atoms with Crippen LogP contribution in [0.1, 0.15) is 12.5 Å². The topological polar surface area (TPSA) is 66.0 Å². The molecule has 12 heteroatoms. The summed E-state index contributed by atoms with van der Waals surface area (Å²) >= 11 is 0. The van der Waals surface area contributed by atoms with Crippen LogP contribution in [0.4, 0.5) is 26.3 Å². The maximum Gasteiger partial charge on any atom is 0.573 e. The summed E-state index contributed by atoms with van der Waals surface area (Å²) in [4.78, 5) is 16.3. The van der Waals surface area contributed by atoms with Gasteiger partial charge in [0.05, 0.1) is 13.1 Å². The maximum absolute atomic E-state index is 12.4. The maximum atomic E-state index is 12.4. The number of likely N-dealkylation sites (N-methyl/N-ethyl adjacent to an activating group) is 1. The Bertz CT molecular complexity index is 676. The molecule has 1 aromatic carbocycles. The molecule has 0 radical (unpaired) electrons. The molecule has 6 nitrogen and oxygen atoms in total. The third-order valence-electron chi connectivity index (χ3n) is 3.20. The highest BCUT2D eigenvalue weighted by Crippen LogP contribution is 2.26. The predicted molar refractivity (Wildman–Crippen MR) is 89.6 cm³/mol. The fraction of sp³-hybridized carbons (Fsp3) is 0.500. The molecular formula is C16H20F6N4O2. The number of carbonyl (C=O) groups is 1. The molecule has 0 unspecified atom stereocenters. The molecule has 0 fully saturated rings. The van der Waals surface area contributed by atoms with Gasteiger partial charge in [0, 0.05) is 19.2 Å². The van der Waals surface area contributed by atoms with E-state index in [1.807, 2.05) is 0 Å². The molecule has 0 aliphatic rings. The van der Waals surface area contributed by atoms with E-state index in [9.17, 15) is 31.1 Å². The predicted octanol–water partition coefficient (Wildman–Crippen LogP) is 2.66. The van der Waals surface area contributed by atoms with Crippen LogP contribution >= 0.6 is 0 Å². The van der Waals surface area contributed by atoms with Crippen LogP contribution in [0.2, 0.25) is 0 Å². The summed E-state index contributed by atoms with van der Waals surface area (Å²) in [5.74, 6) is -1.20. The number of amides is 1. The van der Waals surface area contributed by atoms with Gasteiger partial charge in [-0.15, -0.1) is 13.2 Å². The smallest absolute Gasteiger partial charge is 0.405 e. The number of aliphatic imine (C=N–C) groups is 1. The van der Waals surface area contributed by atoms with E-state index in [0.717, 1.165) is 13.1 Å². The van der Waals surface area contributed by atoms with Crippen molar-refractivity contribution in [2.45, 2.75) is 26.0 Å². The van der Waals surface area contributed by atoms with E-state index in [2.05, 4.69) is 20.4 Å². The summed E-state index contributed by atoms with van der Waals surface area (Å²) < 4.78 is 78.2. The van der Waals surface area contributed by atoms with E-state index >= 15 is 0 Å². The van der Waals surface area contributed by atoms with Gasteiger partial charge in [-0.25, -0.2) is 4.99 Å². The molecule has 158 valence electrons. The molecule has 0 saturated carbocycles. The second-order valence-electron chi connectivity index (χ2n) is 5.57. The molecule has 0 aromatic heterocycles. The zero-order chi connectivity index (χ0) is 21.4. The highest BCUT2D eigenvalue weighted by atomic mass is 19.4. The minimum Gasteiger partial charge on any atom is -0.405 e. The fourth-order valence-electron chi connectivity index (χ4n) is 2.02. The van der Waals surface area contributed by atoms with E-state index in [-0.39, 0.29) is 18.1 Å². The van der Waals surface area contributed by atoms with Crippen LogP contribution in [0.5, 0.6) is 5.75 Å². The molecular weight excluding hydrogens is 394 g/mol. The van der Waals surface area contributed by atoms with E-state index in [4.69, 9.17) is 0 Å². The lowest BCUT2D eigenvalue weighted by molar-refractivity contribution is -0.274. The monoisotopic (exact) mass is 414 g/mol. The standard InChI is InChI=1S/C16H20F6N4O2/c1-3-23-14(25-9-13(27)26(2)10-15(17,18)19)24-8-11-6-4-5-7-12(11)28-16(20,21)22/h4-7H,3,8-10H2,1-2H3,(H2,23,24,25). The van der Waals surface area contributed by atoms with Crippen LogP contribution in [0.25, 0.3) is 0 Å². The summed E-state index contributed by atoms with van der Waals surface area (Å²) in [7, 11) is 1.01. The number of alkyl halides is 6. The van der Waals surface area contributed by atoms with Crippen molar-refractivity contribution in [3.63, 3.8) is 0 Å². The van der Waals surface area contributed by atoms with Gasteiger partial charge in [-0.1, -0.05) is 18.2 Å². The Balaban J connectivity index is 2.77.